The van der Waals surface area contributed by atoms with Crippen LogP contribution in [0.1, 0.15) is 64.9 Å². The second-order valence-corrected chi connectivity index (χ2v) is 17.8. The van der Waals surface area contributed by atoms with Crippen LogP contribution in [-0.4, -0.2) is 42.1 Å². The lowest BCUT2D eigenvalue weighted by atomic mass is 9.84. The van der Waals surface area contributed by atoms with Crippen LogP contribution >= 0.6 is 0 Å². The summed E-state index contributed by atoms with van der Waals surface area (Å²) in [4.78, 5) is 43.5. The monoisotopic (exact) mass is 580 g/mol. The highest BCUT2D eigenvalue weighted by Crippen LogP contribution is 2.27. The number of esters is 2. The number of rotatable bonds is 10. The van der Waals surface area contributed by atoms with Crippen molar-refractivity contribution in [2.24, 2.45) is 17.6 Å². The first-order valence-corrected chi connectivity index (χ1v) is 17.3. The van der Waals surface area contributed by atoms with Gasteiger partial charge in [0.15, 0.2) is 11.4 Å². The molecule has 0 spiro atoms. The van der Waals surface area contributed by atoms with E-state index < -0.39 is 49.0 Å². The van der Waals surface area contributed by atoms with Crippen molar-refractivity contribution in [1.82, 2.24) is 4.98 Å². The van der Waals surface area contributed by atoms with Gasteiger partial charge in [-0.1, -0.05) is 55.9 Å². The van der Waals surface area contributed by atoms with Crippen LogP contribution in [0.5, 0.6) is 5.75 Å². The minimum absolute atomic E-state index is 0.00261. The van der Waals surface area contributed by atoms with E-state index in [1.807, 2.05) is 30.3 Å². The van der Waals surface area contributed by atoms with Gasteiger partial charge in [0.25, 0.3) is 0 Å². The molecule has 1 aromatic carbocycles. The number of hydrogen-bond donors (Lipinski definition) is 1. The van der Waals surface area contributed by atoms with Crippen LogP contribution in [0, 0.1) is 23.3 Å². The van der Waals surface area contributed by atoms with Crippen molar-refractivity contribution in [2.75, 3.05) is 0 Å². The zero-order valence-electron chi connectivity index (χ0n) is 25.8. The molecule has 0 fully saturated rings. The molecule has 8 nitrogen and oxygen atoms in total. The molecule has 1 unspecified atom stereocenters. The maximum absolute atomic E-state index is 13.3. The molecule has 9 heteroatoms. The van der Waals surface area contributed by atoms with Crippen molar-refractivity contribution in [2.45, 2.75) is 91.8 Å². The summed E-state index contributed by atoms with van der Waals surface area (Å²) in [5.74, 6) is -0.623. The fourth-order valence-corrected chi connectivity index (χ4v) is 4.28. The Kier molecular flexibility index (Phi) is 11.3. The smallest absolute Gasteiger partial charge is 0.310 e. The first kappa shape index (κ1) is 33.6. The van der Waals surface area contributed by atoms with Gasteiger partial charge in [-0.3, -0.25) is 14.4 Å². The minimum atomic E-state index is -1.75. The van der Waals surface area contributed by atoms with Gasteiger partial charge in [-0.25, -0.2) is 4.98 Å². The number of ether oxygens (including phenoxy) is 3. The topological polar surface area (TPSA) is 118 Å². The molecule has 0 bridgehead atoms. The van der Waals surface area contributed by atoms with E-state index in [1.54, 1.807) is 53.7 Å². The Morgan fingerprint density at radius 1 is 0.902 bits per heavy atom. The van der Waals surface area contributed by atoms with E-state index in [9.17, 15) is 14.4 Å². The first-order valence-electron chi connectivity index (χ1n) is 13.8. The summed E-state index contributed by atoms with van der Waals surface area (Å²) in [6, 6.07) is 13.2. The van der Waals surface area contributed by atoms with Crippen LogP contribution in [0.3, 0.4) is 0 Å². The first-order chi connectivity index (χ1) is 18.8. The molecule has 0 radical (unpaired) electrons. The zero-order valence-corrected chi connectivity index (χ0v) is 26.8. The Morgan fingerprint density at radius 3 is 2.05 bits per heavy atom. The van der Waals surface area contributed by atoms with Crippen LogP contribution in [0.2, 0.25) is 19.6 Å². The van der Waals surface area contributed by atoms with Crippen LogP contribution in [0.4, 0.5) is 0 Å². The summed E-state index contributed by atoms with van der Waals surface area (Å²) in [6.07, 6.45) is -0.358. The van der Waals surface area contributed by atoms with E-state index in [1.165, 1.54) is 0 Å². The van der Waals surface area contributed by atoms with Gasteiger partial charge in [-0.05, 0) is 59.2 Å². The molecule has 0 aliphatic rings. The third kappa shape index (κ3) is 12.6. The van der Waals surface area contributed by atoms with Crippen molar-refractivity contribution >= 4 is 25.9 Å². The Bertz CT molecular complexity index is 1280. The largest absolute Gasteiger partial charge is 0.486 e. The lowest BCUT2D eigenvalue weighted by Gasteiger charge is -2.28. The van der Waals surface area contributed by atoms with Crippen LogP contribution < -0.4 is 10.5 Å². The molecule has 222 valence electrons. The summed E-state index contributed by atoms with van der Waals surface area (Å²) in [5, 5.41) is 0. The fraction of sp³-hybridized carbons (Fsp3) is 0.500. The van der Waals surface area contributed by atoms with E-state index in [0.29, 0.717) is 23.7 Å². The van der Waals surface area contributed by atoms with Gasteiger partial charge in [0, 0.05) is 12.1 Å². The van der Waals surface area contributed by atoms with E-state index in [-0.39, 0.29) is 12.8 Å². The fourth-order valence-electron chi connectivity index (χ4n) is 3.79. The quantitative estimate of drug-likeness (QED) is 0.232. The number of aromatic nitrogens is 1. The number of nitrogens with zero attached hydrogens (tertiary/aromatic N) is 1. The predicted octanol–water partition coefficient (Wildman–Crippen LogP) is 5.22. The zero-order chi connectivity index (χ0) is 31.0. The number of benzene rings is 1. The highest BCUT2D eigenvalue weighted by atomic mass is 28.3. The van der Waals surface area contributed by atoms with Crippen molar-refractivity contribution in [3.05, 3.63) is 59.4 Å². The van der Waals surface area contributed by atoms with Gasteiger partial charge >= 0.3 is 11.9 Å². The van der Waals surface area contributed by atoms with Crippen LogP contribution in [0.15, 0.2) is 42.5 Å². The molecule has 2 atom stereocenters. The summed E-state index contributed by atoms with van der Waals surface area (Å²) in [5.41, 5.74) is 9.45. The second kappa shape index (κ2) is 13.8. The van der Waals surface area contributed by atoms with Gasteiger partial charge in [0.05, 0.1) is 18.3 Å². The molecule has 41 heavy (non-hydrogen) atoms. The number of carbonyl (C=O) groups excluding carboxylic acids is 3. The maximum atomic E-state index is 13.3. The van der Waals surface area contributed by atoms with Gasteiger partial charge in [-0.15, -0.1) is 5.54 Å². The van der Waals surface area contributed by atoms with E-state index in [2.05, 4.69) is 31.1 Å². The van der Waals surface area contributed by atoms with Gasteiger partial charge in [0.2, 0.25) is 5.91 Å². The predicted molar refractivity (Wildman–Crippen MR) is 161 cm³/mol. The number of pyridine rings is 1. The average Bonchev–Trinajstić information content (AvgIpc) is 2.82. The molecule has 1 amide bonds. The third-order valence-electron chi connectivity index (χ3n) is 5.51. The highest BCUT2D eigenvalue weighted by Gasteiger charge is 2.38. The molecule has 2 rings (SSSR count). The normalized spacial score (nSPS) is 13.3. The molecule has 0 saturated carbocycles. The van der Waals surface area contributed by atoms with Gasteiger partial charge in [-0.2, -0.15) is 0 Å². The third-order valence-corrected chi connectivity index (χ3v) is 6.38. The van der Waals surface area contributed by atoms with Crippen molar-refractivity contribution in [3.63, 3.8) is 0 Å². The Morgan fingerprint density at radius 2 is 1.51 bits per heavy atom. The molecule has 0 saturated heterocycles. The Hall–Kier alpha value is -3.64. The summed E-state index contributed by atoms with van der Waals surface area (Å²) < 4.78 is 17.1. The summed E-state index contributed by atoms with van der Waals surface area (Å²) >= 11 is 0. The lowest BCUT2D eigenvalue weighted by Crippen LogP contribution is -2.41. The average molecular weight is 581 g/mol. The van der Waals surface area contributed by atoms with Crippen molar-refractivity contribution in [1.29, 1.82) is 0 Å². The molecule has 0 aliphatic heterocycles. The Balaban J connectivity index is 2.45. The number of primary amides is 1. The molecule has 0 aliphatic carbocycles. The van der Waals surface area contributed by atoms with Crippen LogP contribution in [0.25, 0.3) is 0 Å². The van der Waals surface area contributed by atoms with Crippen LogP contribution in [-0.2, 0) is 36.9 Å². The molecule has 2 aromatic rings. The van der Waals surface area contributed by atoms with E-state index in [4.69, 9.17) is 24.9 Å². The molecule has 2 N–H and O–H groups in total. The minimum Gasteiger partial charge on any atom is -0.486 e. The number of hydrogen-bond acceptors (Lipinski definition) is 7. The lowest BCUT2D eigenvalue weighted by molar-refractivity contribution is -0.170. The maximum Gasteiger partial charge on any atom is 0.310 e. The van der Waals surface area contributed by atoms with E-state index in [0.717, 1.165) is 5.56 Å². The molecular formula is C32H44N2O6Si. The second-order valence-electron chi connectivity index (χ2n) is 13.1. The van der Waals surface area contributed by atoms with Gasteiger partial charge < -0.3 is 19.9 Å². The summed E-state index contributed by atoms with van der Waals surface area (Å²) in [7, 11) is -1.75. The highest BCUT2D eigenvalue weighted by molar-refractivity contribution is 6.83. The molecular weight excluding hydrogens is 536 g/mol. The van der Waals surface area contributed by atoms with E-state index >= 15 is 0 Å². The van der Waals surface area contributed by atoms with Gasteiger partial charge in [0.1, 0.15) is 25.9 Å². The van der Waals surface area contributed by atoms with Crippen molar-refractivity contribution < 1.29 is 28.6 Å². The summed E-state index contributed by atoms with van der Waals surface area (Å²) in [6.45, 7) is 17.0. The standard InChI is InChI=1S/C32H44N2O6Si/c1-31(2,3)39-28(35)20-25(30(37)40-32(4,5)6)24(29(33)36)19-23-15-16-27(26(34-23)17-18-41(7,8)9)38-21-22-13-11-10-12-14-22/h10-16,24-25H,19-21H2,1-9H3,(H2,33,36)/t24?,25-/m0/s1. The van der Waals surface area contributed by atoms with Crippen molar-refractivity contribution in [3.8, 4) is 17.2 Å². The Labute approximate surface area is 245 Å². The number of carbonyl (C=O) groups is 3. The number of amides is 1. The SMILES string of the molecule is CC(C)(C)OC(=O)C[C@H](C(=O)OC(C)(C)C)C(Cc1ccc(OCc2ccccc2)c(C#C[Si](C)(C)C)n1)C(N)=O. The number of nitrogens with two attached hydrogens (primary N) is 1. The molecule has 1 heterocycles. The molecule has 1 aromatic heterocycles.